The SMILES string of the molecule is N#Cc1ccccc1OCC(=O)Nc1ccc(NC(=O)c2cccs2)cc1. The second kappa shape index (κ2) is 8.65. The molecule has 1 heterocycles. The Morgan fingerprint density at radius 2 is 1.67 bits per heavy atom. The second-order valence-electron chi connectivity index (χ2n) is 5.45. The molecule has 0 saturated heterocycles. The zero-order valence-corrected chi connectivity index (χ0v) is 15.0. The van der Waals surface area contributed by atoms with Gasteiger partial charge in [-0.2, -0.15) is 5.26 Å². The van der Waals surface area contributed by atoms with Crippen LogP contribution in [0.15, 0.2) is 66.0 Å². The molecule has 0 unspecified atom stereocenters. The third-order valence-electron chi connectivity index (χ3n) is 3.54. The van der Waals surface area contributed by atoms with Crippen LogP contribution in [0.4, 0.5) is 11.4 Å². The molecule has 0 radical (unpaired) electrons. The highest BCUT2D eigenvalue weighted by molar-refractivity contribution is 7.12. The van der Waals surface area contributed by atoms with E-state index in [2.05, 4.69) is 10.6 Å². The zero-order chi connectivity index (χ0) is 19.1. The number of amides is 2. The quantitative estimate of drug-likeness (QED) is 0.682. The first kappa shape index (κ1) is 18.2. The van der Waals surface area contributed by atoms with Crippen LogP contribution in [-0.4, -0.2) is 18.4 Å². The number of nitriles is 1. The fourth-order valence-electron chi connectivity index (χ4n) is 2.26. The summed E-state index contributed by atoms with van der Waals surface area (Å²) in [6, 6.07) is 19.1. The maximum Gasteiger partial charge on any atom is 0.265 e. The van der Waals surface area contributed by atoms with E-state index in [1.54, 1.807) is 54.6 Å². The minimum Gasteiger partial charge on any atom is -0.482 e. The van der Waals surface area contributed by atoms with Gasteiger partial charge in [-0.1, -0.05) is 18.2 Å². The third kappa shape index (κ3) is 4.93. The predicted molar refractivity (Wildman–Crippen MR) is 104 cm³/mol. The third-order valence-corrected chi connectivity index (χ3v) is 4.41. The monoisotopic (exact) mass is 377 g/mol. The number of carbonyl (C=O) groups is 2. The first-order valence-corrected chi connectivity index (χ1v) is 8.90. The Balaban J connectivity index is 1.52. The first-order chi connectivity index (χ1) is 13.2. The smallest absolute Gasteiger partial charge is 0.265 e. The van der Waals surface area contributed by atoms with Gasteiger partial charge < -0.3 is 15.4 Å². The Hall–Kier alpha value is -3.63. The van der Waals surface area contributed by atoms with E-state index in [4.69, 9.17) is 10.00 Å². The summed E-state index contributed by atoms with van der Waals surface area (Å²) in [6.45, 7) is -0.213. The van der Waals surface area contributed by atoms with Crippen LogP contribution in [0.3, 0.4) is 0 Å². The second-order valence-corrected chi connectivity index (χ2v) is 6.40. The van der Waals surface area contributed by atoms with Crippen molar-refractivity contribution in [2.75, 3.05) is 17.2 Å². The van der Waals surface area contributed by atoms with Crippen LogP contribution in [-0.2, 0) is 4.79 Å². The molecule has 2 aromatic carbocycles. The number of rotatable bonds is 6. The molecule has 0 saturated carbocycles. The van der Waals surface area contributed by atoms with Gasteiger partial charge in [-0.25, -0.2) is 0 Å². The Bertz CT molecular complexity index is 976. The van der Waals surface area contributed by atoms with Gasteiger partial charge in [-0.3, -0.25) is 9.59 Å². The van der Waals surface area contributed by atoms with E-state index < -0.39 is 0 Å². The highest BCUT2D eigenvalue weighted by Crippen LogP contribution is 2.18. The lowest BCUT2D eigenvalue weighted by molar-refractivity contribution is -0.118. The fourth-order valence-corrected chi connectivity index (χ4v) is 2.88. The molecule has 3 rings (SSSR count). The van der Waals surface area contributed by atoms with E-state index in [9.17, 15) is 9.59 Å². The maximum atomic E-state index is 12.0. The first-order valence-electron chi connectivity index (χ1n) is 8.02. The molecule has 1 aromatic heterocycles. The number of anilines is 2. The number of para-hydroxylation sites is 1. The summed E-state index contributed by atoms with van der Waals surface area (Å²) in [4.78, 5) is 24.6. The van der Waals surface area contributed by atoms with Crippen LogP contribution in [0, 0.1) is 11.3 Å². The average Bonchev–Trinajstić information content (AvgIpc) is 3.23. The van der Waals surface area contributed by atoms with E-state index in [1.807, 2.05) is 17.5 Å². The topological polar surface area (TPSA) is 91.2 Å². The molecule has 2 N–H and O–H groups in total. The van der Waals surface area contributed by atoms with Crippen molar-refractivity contribution >= 4 is 34.5 Å². The van der Waals surface area contributed by atoms with Crippen LogP contribution in [0.5, 0.6) is 5.75 Å². The number of ether oxygens (including phenoxy) is 1. The maximum absolute atomic E-state index is 12.0. The van der Waals surface area contributed by atoms with Crippen molar-refractivity contribution in [3.8, 4) is 11.8 Å². The van der Waals surface area contributed by atoms with Gasteiger partial charge in [0.1, 0.15) is 11.8 Å². The van der Waals surface area contributed by atoms with Gasteiger partial charge in [0.15, 0.2) is 6.61 Å². The summed E-state index contributed by atoms with van der Waals surface area (Å²) in [5, 5.41) is 16.3. The molecular formula is C20H15N3O3S. The van der Waals surface area contributed by atoms with Crippen molar-refractivity contribution in [1.29, 1.82) is 5.26 Å². The largest absolute Gasteiger partial charge is 0.482 e. The number of benzene rings is 2. The Morgan fingerprint density at radius 3 is 2.33 bits per heavy atom. The molecule has 134 valence electrons. The summed E-state index contributed by atoms with van der Waals surface area (Å²) in [5.41, 5.74) is 1.58. The molecule has 2 amide bonds. The van der Waals surface area contributed by atoms with Crippen molar-refractivity contribution in [1.82, 2.24) is 0 Å². The van der Waals surface area contributed by atoms with E-state index in [0.717, 1.165) is 0 Å². The van der Waals surface area contributed by atoms with Crippen LogP contribution < -0.4 is 15.4 Å². The predicted octanol–water partition coefficient (Wildman–Crippen LogP) is 3.89. The number of nitrogens with one attached hydrogen (secondary N) is 2. The Morgan fingerprint density at radius 1 is 0.963 bits per heavy atom. The summed E-state index contributed by atoms with van der Waals surface area (Å²) in [5.74, 6) is -0.161. The van der Waals surface area contributed by atoms with Gasteiger partial charge in [-0.15, -0.1) is 11.3 Å². The number of thiophene rings is 1. The molecule has 7 heteroatoms. The molecule has 27 heavy (non-hydrogen) atoms. The van der Waals surface area contributed by atoms with Crippen LogP contribution in [0.1, 0.15) is 15.2 Å². The summed E-state index contributed by atoms with van der Waals surface area (Å²) in [6.07, 6.45) is 0. The van der Waals surface area contributed by atoms with Crippen molar-refractivity contribution < 1.29 is 14.3 Å². The van der Waals surface area contributed by atoms with Crippen molar-refractivity contribution in [2.24, 2.45) is 0 Å². The molecule has 0 aliphatic carbocycles. The van der Waals surface area contributed by atoms with Crippen LogP contribution in [0.25, 0.3) is 0 Å². The molecule has 0 atom stereocenters. The number of carbonyl (C=O) groups excluding carboxylic acids is 2. The number of nitrogens with zero attached hydrogens (tertiary/aromatic N) is 1. The van der Waals surface area contributed by atoms with Crippen LogP contribution >= 0.6 is 11.3 Å². The Labute approximate surface area is 160 Å². The number of hydrogen-bond acceptors (Lipinski definition) is 5. The van der Waals surface area contributed by atoms with Gasteiger partial charge in [0.2, 0.25) is 0 Å². The van der Waals surface area contributed by atoms with Gasteiger partial charge >= 0.3 is 0 Å². The molecule has 0 aliphatic rings. The molecule has 6 nitrogen and oxygen atoms in total. The van der Waals surface area contributed by atoms with E-state index in [-0.39, 0.29) is 18.4 Å². The fraction of sp³-hybridized carbons (Fsp3) is 0.0500. The molecule has 0 aliphatic heterocycles. The Kier molecular flexibility index (Phi) is 5.82. The minimum absolute atomic E-state index is 0.175. The van der Waals surface area contributed by atoms with Crippen LogP contribution in [0.2, 0.25) is 0 Å². The molecule has 0 fully saturated rings. The average molecular weight is 377 g/mol. The molecule has 0 bridgehead atoms. The molecule has 3 aromatic rings. The highest BCUT2D eigenvalue weighted by atomic mass is 32.1. The van der Waals surface area contributed by atoms with Gasteiger partial charge in [0.25, 0.3) is 11.8 Å². The molecule has 0 spiro atoms. The van der Waals surface area contributed by atoms with Crippen molar-refractivity contribution in [2.45, 2.75) is 0 Å². The summed E-state index contributed by atoms with van der Waals surface area (Å²) < 4.78 is 5.39. The van der Waals surface area contributed by atoms with E-state index in [0.29, 0.717) is 27.6 Å². The molecular weight excluding hydrogens is 362 g/mol. The summed E-state index contributed by atoms with van der Waals surface area (Å²) in [7, 11) is 0. The summed E-state index contributed by atoms with van der Waals surface area (Å²) >= 11 is 1.36. The van der Waals surface area contributed by atoms with Crippen molar-refractivity contribution in [3.05, 3.63) is 76.5 Å². The van der Waals surface area contributed by atoms with Gasteiger partial charge in [0, 0.05) is 11.4 Å². The standard InChI is InChI=1S/C20H15N3O3S/c21-12-14-4-1-2-5-17(14)26-13-19(24)22-15-7-9-16(10-8-15)23-20(25)18-6-3-11-27-18/h1-11H,13H2,(H,22,24)(H,23,25). The van der Waals surface area contributed by atoms with Gasteiger partial charge in [-0.05, 0) is 47.8 Å². The normalized spacial score (nSPS) is 9.89. The van der Waals surface area contributed by atoms with E-state index in [1.165, 1.54) is 11.3 Å². The van der Waals surface area contributed by atoms with Gasteiger partial charge in [0.05, 0.1) is 10.4 Å². The highest BCUT2D eigenvalue weighted by Gasteiger charge is 2.08. The lowest BCUT2D eigenvalue weighted by atomic mass is 10.2. The van der Waals surface area contributed by atoms with Crippen molar-refractivity contribution in [3.63, 3.8) is 0 Å². The zero-order valence-electron chi connectivity index (χ0n) is 14.1. The number of hydrogen-bond donors (Lipinski definition) is 2. The lowest BCUT2D eigenvalue weighted by Crippen LogP contribution is -2.20. The minimum atomic E-state index is -0.349. The lowest BCUT2D eigenvalue weighted by Gasteiger charge is -2.09. The van der Waals surface area contributed by atoms with E-state index >= 15 is 0 Å².